The monoisotopic (exact) mass is 370 g/mol. The zero-order chi connectivity index (χ0) is 13.9. The molecule has 2 N–H and O–H groups in total. The van der Waals surface area contributed by atoms with E-state index >= 15 is 0 Å². The summed E-state index contributed by atoms with van der Waals surface area (Å²) in [5, 5.41) is 10.5. The number of carbonyl (C=O) groups is 1. The SMILES string of the molecule is Cl.O=C(NC1CCNC1)c1ccn(-c2cccc(Br)c2)n1. The van der Waals surface area contributed by atoms with Crippen molar-refractivity contribution in [2.45, 2.75) is 12.5 Å². The number of aromatic nitrogens is 2. The molecule has 112 valence electrons. The number of rotatable bonds is 3. The molecule has 7 heteroatoms. The van der Waals surface area contributed by atoms with Crippen molar-refractivity contribution < 1.29 is 4.79 Å². The van der Waals surface area contributed by atoms with Gasteiger partial charge in [-0.15, -0.1) is 12.4 Å². The van der Waals surface area contributed by atoms with Crippen molar-refractivity contribution in [2.75, 3.05) is 13.1 Å². The van der Waals surface area contributed by atoms with E-state index in [4.69, 9.17) is 0 Å². The van der Waals surface area contributed by atoms with Crippen molar-refractivity contribution in [1.29, 1.82) is 0 Å². The first kappa shape index (κ1) is 16.0. The first-order chi connectivity index (χ1) is 9.72. The van der Waals surface area contributed by atoms with Gasteiger partial charge < -0.3 is 10.6 Å². The van der Waals surface area contributed by atoms with Crippen LogP contribution < -0.4 is 10.6 Å². The largest absolute Gasteiger partial charge is 0.347 e. The molecule has 1 aliphatic rings. The lowest BCUT2D eigenvalue weighted by Gasteiger charge is -2.09. The summed E-state index contributed by atoms with van der Waals surface area (Å²) in [5.74, 6) is -0.118. The Balaban J connectivity index is 0.00000161. The molecule has 0 radical (unpaired) electrons. The fraction of sp³-hybridized carbons (Fsp3) is 0.286. The van der Waals surface area contributed by atoms with Crippen molar-refractivity contribution in [3.63, 3.8) is 0 Å². The lowest BCUT2D eigenvalue weighted by atomic mass is 10.2. The van der Waals surface area contributed by atoms with Crippen LogP contribution in [0.15, 0.2) is 41.0 Å². The summed E-state index contributed by atoms with van der Waals surface area (Å²) < 4.78 is 2.68. The van der Waals surface area contributed by atoms with E-state index in [1.165, 1.54) is 0 Å². The zero-order valence-corrected chi connectivity index (χ0v) is 13.7. The average molecular weight is 372 g/mol. The van der Waals surface area contributed by atoms with Crippen LogP contribution in [0, 0.1) is 0 Å². The molecule has 2 aromatic rings. The van der Waals surface area contributed by atoms with Crippen LogP contribution in [0.3, 0.4) is 0 Å². The third-order valence-electron chi connectivity index (χ3n) is 3.29. The molecule has 1 amide bonds. The van der Waals surface area contributed by atoms with Gasteiger partial charge in [0, 0.05) is 23.3 Å². The highest BCUT2D eigenvalue weighted by molar-refractivity contribution is 9.10. The molecule has 5 nitrogen and oxygen atoms in total. The van der Waals surface area contributed by atoms with Crippen molar-refractivity contribution >= 4 is 34.2 Å². The molecular formula is C14H16BrClN4O. The molecular weight excluding hydrogens is 356 g/mol. The van der Waals surface area contributed by atoms with Gasteiger partial charge in [0.05, 0.1) is 5.69 Å². The lowest BCUT2D eigenvalue weighted by molar-refractivity contribution is 0.0934. The molecule has 0 spiro atoms. The third-order valence-corrected chi connectivity index (χ3v) is 3.78. The van der Waals surface area contributed by atoms with Gasteiger partial charge in [0.15, 0.2) is 5.69 Å². The van der Waals surface area contributed by atoms with E-state index in [0.717, 1.165) is 29.7 Å². The molecule has 1 unspecified atom stereocenters. The molecule has 3 rings (SSSR count). The van der Waals surface area contributed by atoms with E-state index in [2.05, 4.69) is 31.7 Å². The summed E-state index contributed by atoms with van der Waals surface area (Å²) in [6, 6.07) is 9.73. The number of benzene rings is 1. The van der Waals surface area contributed by atoms with E-state index in [1.54, 1.807) is 16.9 Å². The van der Waals surface area contributed by atoms with Crippen molar-refractivity contribution in [3.8, 4) is 5.69 Å². The molecule has 1 saturated heterocycles. The molecule has 1 aromatic carbocycles. The molecule has 21 heavy (non-hydrogen) atoms. The van der Waals surface area contributed by atoms with Gasteiger partial charge in [-0.3, -0.25) is 4.79 Å². The van der Waals surface area contributed by atoms with Crippen LogP contribution in [-0.2, 0) is 0 Å². The Morgan fingerprint density at radius 2 is 2.29 bits per heavy atom. The summed E-state index contributed by atoms with van der Waals surface area (Å²) in [6.45, 7) is 1.79. The molecule has 0 saturated carbocycles. The maximum atomic E-state index is 12.1. The van der Waals surface area contributed by atoms with Crippen LogP contribution in [-0.4, -0.2) is 34.8 Å². The number of nitrogens with one attached hydrogen (secondary N) is 2. The Bertz CT molecular complexity index is 625. The minimum atomic E-state index is -0.118. The van der Waals surface area contributed by atoms with Gasteiger partial charge in [-0.25, -0.2) is 4.68 Å². The Morgan fingerprint density at radius 1 is 1.43 bits per heavy atom. The highest BCUT2D eigenvalue weighted by Gasteiger charge is 2.19. The van der Waals surface area contributed by atoms with E-state index in [9.17, 15) is 4.79 Å². The Kier molecular flexibility index (Phi) is 5.39. The lowest BCUT2D eigenvalue weighted by Crippen LogP contribution is -2.36. The van der Waals surface area contributed by atoms with E-state index in [1.807, 2.05) is 24.3 Å². The summed E-state index contributed by atoms with van der Waals surface area (Å²) in [5.41, 5.74) is 1.36. The second-order valence-electron chi connectivity index (χ2n) is 4.79. The quantitative estimate of drug-likeness (QED) is 0.869. The second kappa shape index (κ2) is 7.06. The predicted octanol–water partition coefficient (Wildman–Crippen LogP) is 2.15. The minimum Gasteiger partial charge on any atom is -0.347 e. The molecule has 2 heterocycles. The fourth-order valence-corrected chi connectivity index (χ4v) is 2.63. The average Bonchev–Trinajstić information content (AvgIpc) is 3.09. The van der Waals surface area contributed by atoms with Gasteiger partial charge in [0.1, 0.15) is 0 Å². The minimum absolute atomic E-state index is 0. The van der Waals surface area contributed by atoms with E-state index < -0.39 is 0 Å². The molecule has 1 fully saturated rings. The molecule has 1 atom stereocenters. The normalized spacial score (nSPS) is 17.3. The van der Waals surface area contributed by atoms with Gasteiger partial charge in [-0.2, -0.15) is 5.10 Å². The Labute approximate surface area is 137 Å². The highest BCUT2D eigenvalue weighted by Crippen LogP contribution is 2.15. The topological polar surface area (TPSA) is 59.0 Å². The number of hydrogen-bond acceptors (Lipinski definition) is 3. The second-order valence-corrected chi connectivity index (χ2v) is 5.70. The fourth-order valence-electron chi connectivity index (χ4n) is 2.24. The predicted molar refractivity (Wildman–Crippen MR) is 87.3 cm³/mol. The molecule has 1 aliphatic heterocycles. The van der Waals surface area contributed by atoms with Crippen LogP contribution in [0.5, 0.6) is 0 Å². The summed E-state index contributed by atoms with van der Waals surface area (Å²) in [7, 11) is 0. The standard InChI is InChI=1S/C14H15BrN4O.ClH/c15-10-2-1-3-12(8-10)19-7-5-13(18-19)14(20)17-11-4-6-16-9-11;/h1-3,5,7-8,11,16H,4,6,9H2,(H,17,20);1H. The number of amides is 1. The summed E-state index contributed by atoms with van der Waals surface area (Å²) in [4.78, 5) is 12.1. The van der Waals surface area contributed by atoms with Crippen molar-refractivity contribution in [3.05, 3.63) is 46.7 Å². The Hall–Kier alpha value is -1.37. The smallest absolute Gasteiger partial charge is 0.272 e. The van der Waals surface area contributed by atoms with Crippen molar-refractivity contribution in [1.82, 2.24) is 20.4 Å². The van der Waals surface area contributed by atoms with Gasteiger partial charge in [0.2, 0.25) is 0 Å². The number of halogens is 2. The van der Waals surface area contributed by atoms with Gasteiger partial charge in [0.25, 0.3) is 5.91 Å². The van der Waals surface area contributed by atoms with Gasteiger partial charge >= 0.3 is 0 Å². The summed E-state index contributed by atoms with van der Waals surface area (Å²) >= 11 is 3.43. The zero-order valence-electron chi connectivity index (χ0n) is 11.3. The van der Waals surface area contributed by atoms with E-state index in [-0.39, 0.29) is 24.4 Å². The highest BCUT2D eigenvalue weighted by atomic mass is 79.9. The number of carbonyl (C=O) groups excluding carboxylic acids is 1. The Morgan fingerprint density at radius 3 is 3.00 bits per heavy atom. The molecule has 1 aromatic heterocycles. The maximum absolute atomic E-state index is 12.1. The number of nitrogens with zero attached hydrogens (tertiary/aromatic N) is 2. The molecule has 0 bridgehead atoms. The van der Waals surface area contributed by atoms with Crippen LogP contribution in [0.2, 0.25) is 0 Å². The van der Waals surface area contributed by atoms with Crippen LogP contribution >= 0.6 is 28.3 Å². The third kappa shape index (κ3) is 3.84. The summed E-state index contributed by atoms with van der Waals surface area (Å²) in [6.07, 6.45) is 2.77. The number of hydrogen-bond donors (Lipinski definition) is 2. The van der Waals surface area contributed by atoms with Crippen LogP contribution in [0.4, 0.5) is 0 Å². The molecule has 0 aliphatic carbocycles. The van der Waals surface area contributed by atoms with Gasteiger partial charge in [-0.05, 0) is 37.2 Å². The van der Waals surface area contributed by atoms with Gasteiger partial charge in [-0.1, -0.05) is 22.0 Å². The van der Waals surface area contributed by atoms with Crippen LogP contribution in [0.1, 0.15) is 16.9 Å². The van der Waals surface area contributed by atoms with Crippen LogP contribution in [0.25, 0.3) is 5.69 Å². The van der Waals surface area contributed by atoms with E-state index in [0.29, 0.717) is 5.69 Å². The van der Waals surface area contributed by atoms with Crippen molar-refractivity contribution in [2.24, 2.45) is 0 Å². The first-order valence-corrected chi connectivity index (χ1v) is 7.35. The first-order valence-electron chi connectivity index (χ1n) is 6.55. The maximum Gasteiger partial charge on any atom is 0.272 e.